The number of aldehydes is 1. The molecule has 0 saturated carbocycles. The summed E-state index contributed by atoms with van der Waals surface area (Å²) in [6.45, 7) is 2.03. The molecule has 2 heterocycles. The minimum atomic E-state index is -0.922. The highest BCUT2D eigenvalue weighted by molar-refractivity contribution is 5.89. The highest BCUT2D eigenvalue weighted by Crippen LogP contribution is 2.28. The number of hydrogen-bond donors (Lipinski definition) is 0. The molecule has 0 saturated heterocycles. The highest BCUT2D eigenvalue weighted by Gasteiger charge is 2.13. The van der Waals surface area contributed by atoms with Gasteiger partial charge in [0.25, 0.3) is 0 Å². The second kappa shape index (κ2) is 5.13. The molecule has 0 atom stereocenters. The Hall–Kier alpha value is -2.49. The first-order valence-corrected chi connectivity index (χ1v) is 6.68. The third-order valence-corrected chi connectivity index (χ3v) is 3.62. The molecule has 0 bridgehead atoms. The number of benzene rings is 1. The van der Waals surface area contributed by atoms with Gasteiger partial charge in [0.05, 0.1) is 5.69 Å². The second-order valence-corrected chi connectivity index (χ2v) is 4.88. The molecule has 3 aromatic rings. The van der Waals surface area contributed by atoms with Crippen LogP contribution in [0.5, 0.6) is 0 Å². The van der Waals surface area contributed by atoms with Gasteiger partial charge in [-0.2, -0.15) is 0 Å². The number of nitrogens with zero attached hydrogens (tertiary/aromatic N) is 1. The van der Waals surface area contributed by atoms with Crippen molar-refractivity contribution in [1.82, 2.24) is 4.40 Å². The molecule has 1 aromatic carbocycles. The number of hydrogen-bond acceptors (Lipinski definition) is 1. The zero-order valence-corrected chi connectivity index (χ0v) is 11.4. The van der Waals surface area contributed by atoms with Crippen LogP contribution >= 0.6 is 0 Å². The molecule has 0 aliphatic carbocycles. The zero-order chi connectivity index (χ0) is 15.0. The Balaban J connectivity index is 2.26. The SMILES string of the molecule is CCc1ccc2cc(-c3ccc(F)c(F)c3)c(C=O)n2c1. The summed E-state index contributed by atoms with van der Waals surface area (Å²) in [4.78, 5) is 11.4. The van der Waals surface area contributed by atoms with Gasteiger partial charge in [-0.3, -0.25) is 4.79 Å². The van der Waals surface area contributed by atoms with Crippen molar-refractivity contribution in [2.24, 2.45) is 0 Å². The predicted molar refractivity (Wildman–Crippen MR) is 77.5 cm³/mol. The van der Waals surface area contributed by atoms with Gasteiger partial charge in [0.15, 0.2) is 17.9 Å². The summed E-state index contributed by atoms with van der Waals surface area (Å²) >= 11 is 0. The van der Waals surface area contributed by atoms with Gasteiger partial charge in [-0.1, -0.05) is 19.1 Å². The number of carbonyl (C=O) groups excluding carboxylic acids is 1. The van der Waals surface area contributed by atoms with Crippen molar-refractivity contribution in [2.45, 2.75) is 13.3 Å². The van der Waals surface area contributed by atoms with Gasteiger partial charge in [0.2, 0.25) is 0 Å². The summed E-state index contributed by atoms with van der Waals surface area (Å²) in [5, 5.41) is 0. The van der Waals surface area contributed by atoms with E-state index in [1.807, 2.05) is 25.3 Å². The first-order chi connectivity index (χ1) is 10.1. The maximum absolute atomic E-state index is 13.4. The summed E-state index contributed by atoms with van der Waals surface area (Å²) in [5.74, 6) is -1.82. The van der Waals surface area contributed by atoms with E-state index in [1.54, 1.807) is 10.5 Å². The van der Waals surface area contributed by atoms with Crippen LogP contribution in [-0.4, -0.2) is 10.7 Å². The maximum Gasteiger partial charge on any atom is 0.167 e. The Labute approximate surface area is 120 Å². The van der Waals surface area contributed by atoms with Gasteiger partial charge >= 0.3 is 0 Å². The molecule has 106 valence electrons. The molecular weight excluding hydrogens is 272 g/mol. The van der Waals surface area contributed by atoms with E-state index in [4.69, 9.17) is 0 Å². The van der Waals surface area contributed by atoms with Crippen LogP contribution in [0, 0.1) is 11.6 Å². The van der Waals surface area contributed by atoms with Crippen LogP contribution in [0.4, 0.5) is 8.78 Å². The van der Waals surface area contributed by atoms with Crippen molar-refractivity contribution >= 4 is 11.8 Å². The van der Waals surface area contributed by atoms with Gasteiger partial charge < -0.3 is 4.40 Å². The topological polar surface area (TPSA) is 21.5 Å². The molecule has 0 radical (unpaired) electrons. The Morgan fingerprint density at radius 1 is 1.10 bits per heavy atom. The second-order valence-electron chi connectivity index (χ2n) is 4.88. The van der Waals surface area contributed by atoms with Gasteiger partial charge in [-0.05, 0) is 41.8 Å². The van der Waals surface area contributed by atoms with E-state index in [9.17, 15) is 13.6 Å². The fourth-order valence-corrected chi connectivity index (χ4v) is 2.46. The summed E-state index contributed by atoms with van der Waals surface area (Å²) in [6, 6.07) is 9.35. The first kappa shape index (κ1) is 13.5. The maximum atomic E-state index is 13.4. The predicted octanol–water partition coefficient (Wildman–Crippen LogP) is 4.26. The van der Waals surface area contributed by atoms with E-state index in [-0.39, 0.29) is 0 Å². The zero-order valence-electron chi connectivity index (χ0n) is 11.4. The lowest BCUT2D eigenvalue weighted by molar-refractivity contribution is 0.111. The summed E-state index contributed by atoms with van der Waals surface area (Å²) in [7, 11) is 0. The standard InChI is InChI=1S/C17H13F2NO/c1-2-11-3-5-13-8-14(17(10-21)20(13)9-11)12-4-6-15(18)16(19)7-12/h3-10H,2H2,1H3. The minimum Gasteiger partial charge on any atom is -0.313 e. The molecule has 0 spiro atoms. The molecule has 0 aliphatic heterocycles. The molecule has 2 nitrogen and oxygen atoms in total. The average Bonchev–Trinajstić information content (AvgIpc) is 2.87. The molecule has 2 aromatic heterocycles. The Morgan fingerprint density at radius 3 is 2.57 bits per heavy atom. The van der Waals surface area contributed by atoms with Crippen LogP contribution in [-0.2, 0) is 6.42 Å². The fraction of sp³-hybridized carbons (Fsp3) is 0.118. The normalized spacial score (nSPS) is 11.0. The van der Waals surface area contributed by atoms with Crippen molar-refractivity contribution < 1.29 is 13.6 Å². The molecule has 0 fully saturated rings. The Kier molecular flexibility index (Phi) is 3.29. The minimum absolute atomic E-state index is 0.436. The molecular formula is C17H13F2NO. The first-order valence-electron chi connectivity index (χ1n) is 6.68. The van der Waals surface area contributed by atoms with Crippen molar-refractivity contribution in [3.63, 3.8) is 0 Å². The Bertz CT molecular complexity index is 836. The van der Waals surface area contributed by atoms with Crippen LogP contribution in [0.15, 0.2) is 42.6 Å². The lowest BCUT2D eigenvalue weighted by atomic mass is 10.1. The van der Waals surface area contributed by atoms with E-state index in [0.29, 0.717) is 16.8 Å². The van der Waals surface area contributed by atoms with Crippen LogP contribution < -0.4 is 0 Å². The van der Waals surface area contributed by atoms with Crippen LogP contribution in [0.1, 0.15) is 23.0 Å². The van der Waals surface area contributed by atoms with Crippen LogP contribution in [0.3, 0.4) is 0 Å². The lowest BCUT2D eigenvalue weighted by Crippen LogP contribution is -1.95. The highest BCUT2D eigenvalue weighted by atomic mass is 19.2. The average molecular weight is 285 g/mol. The number of pyridine rings is 1. The monoisotopic (exact) mass is 285 g/mol. The van der Waals surface area contributed by atoms with Gasteiger partial charge in [-0.25, -0.2) is 8.78 Å². The molecule has 0 N–H and O–H groups in total. The Morgan fingerprint density at radius 2 is 1.90 bits per heavy atom. The van der Waals surface area contributed by atoms with Crippen molar-refractivity contribution in [1.29, 1.82) is 0 Å². The molecule has 4 heteroatoms. The van der Waals surface area contributed by atoms with E-state index < -0.39 is 11.6 Å². The quantitative estimate of drug-likeness (QED) is 0.659. The largest absolute Gasteiger partial charge is 0.313 e. The van der Waals surface area contributed by atoms with Crippen molar-refractivity contribution in [3.05, 3.63) is 65.5 Å². The van der Waals surface area contributed by atoms with Gasteiger partial charge in [0.1, 0.15) is 0 Å². The lowest BCUT2D eigenvalue weighted by Gasteiger charge is -2.03. The van der Waals surface area contributed by atoms with E-state index in [1.165, 1.54) is 6.07 Å². The molecule has 0 unspecified atom stereocenters. The van der Waals surface area contributed by atoms with E-state index in [0.717, 1.165) is 35.9 Å². The summed E-state index contributed by atoms with van der Waals surface area (Å²) in [6.07, 6.45) is 3.48. The van der Waals surface area contributed by atoms with Crippen molar-refractivity contribution in [3.8, 4) is 11.1 Å². The number of aryl methyl sites for hydroxylation is 1. The molecule has 0 aliphatic rings. The van der Waals surface area contributed by atoms with Crippen LogP contribution in [0.25, 0.3) is 16.6 Å². The summed E-state index contributed by atoms with van der Waals surface area (Å²) in [5.41, 5.74) is 3.45. The number of fused-ring (bicyclic) bond motifs is 1. The number of aromatic nitrogens is 1. The molecule has 0 amide bonds. The van der Waals surface area contributed by atoms with Crippen molar-refractivity contribution in [2.75, 3.05) is 0 Å². The summed E-state index contributed by atoms with van der Waals surface area (Å²) < 4.78 is 28.2. The number of rotatable bonds is 3. The third kappa shape index (κ3) is 2.23. The molecule has 21 heavy (non-hydrogen) atoms. The smallest absolute Gasteiger partial charge is 0.167 e. The van der Waals surface area contributed by atoms with Crippen LogP contribution in [0.2, 0.25) is 0 Å². The third-order valence-electron chi connectivity index (χ3n) is 3.62. The number of carbonyl (C=O) groups is 1. The molecule has 3 rings (SSSR count). The van der Waals surface area contributed by atoms with Gasteiger partial charge in [0, 0.05) is 17.3 Å². The van der Waals surface area contributed by atoms with E-state index >= 15 is 0 Å². The number of halogens is 2. The fourth-order valence-electron chi connectivity index (χ4n) is 2.46. The van der Waals surface area contributed by atoms with E-state index in [2.05, 4.69) is 0 Å². The van der Waals surface area contributed by atoms with Gasteiger partial charge in [-0.15, -0.1) is 0 Å².